The maximum absolute atomic E-state index is 14.1. The zero-order valence-electron chi connectivity index (χ0n) is 23.9. The van der Waals surface area contributed by atoms with Crippen LogP contribution in [0.3, 0.4) is 0 Å². The van der Waals surface area contributed by atoms with E-state index >= 15 is 0 Å². The number of sulfonamides is 1. The Morgan fingerprint density at radius 2 is 1.39 bits per heavy atom. The lowest BCUT2D eigenvalue weighted by molar-refractivity contribution is 0.0715. The Balaban J connectivity index is 1.50. The van der Waals surface area contributed by atoms with Gasteiger partial charge in [0, 0.05) is 11.8 Å². The van der Waals surface area contributed by atoms with Crippen LogP contribution in [0.25, 0.3) is 11.1 Å². The Bertz CT molecular complexity index is 2080. The Labute approximate surface area is 259 Å². The van der Waals surface area contributed by atoms with Crippen LogP contribution < -0.4 is 19.9 Å². The first kappa shape index (κ1) is 31.9. The van der Waals surface area contributed by atoms with Crippen molar-refractivity contribution in [3.63, 3.8) is 0 Å². The van der Waals surface area contributed by atoms with Crippen molar-refractivity contribution in [2.24, 2.45) is 0 Å². The Morgan fingerprint density at radius 3 is 2.04 bits per heavy atom. The summed E-state index contributed by atoms with van der Waals surface area (Å²) in [7, 11) is -4.16. The number of benzene rings is 4. The van der Waals surface area contributed by atoms with E-state index in [-0.39, 0.29) is 33.6 Å². The average molecular weight is 656 g/mol. The molecule has 0 radical (unpaired) electrons. The van der Waals surface area contributed by atoms with Crippen molar-refractivity contribution in [3.8, 4) is 28.5 Å². The molecule has 5 aromatic rings. The lowest BCUT2D eigenvalue weighted by atomic mass is 9.96. The highest BCUT2D eigenvalue weighted by atomic mass is 32.2. The van der Waals surface area contributed by atoms with Gasteiger partial charge in [-0.3, -0.25) is 4.72 Å². The summed E-state index contributed by atoms with van der Waals surface area (Å²) in [4.78, 5) is 16.8. The van der Waals surface area contributed by atoms with E-state index < -0.39 is 50.8 Å². The van der Waals surface area contributed by atoms with Gasteiger partial charge in [0.15, 0.2) is 0 Å². The molecule has 1 heterocycles. The molecule has 0 unspecified atom stereocenters. The molecule has 5 rings (SSSR count). The number of aromatic nitrogens is 1. The number of rotatable bonds is 8. The highest BCUT2D eigenvalue weighted by Crippen LogP contribution is 2.34. The van der Waals surface area contributed by atoms with Crippen molar-refractivity contribution in [2.45, 2.75) is 18.7 Å². The molecule has 0 atom stereocenters. The van der Waals surface area contributed by atoms with E-state index in [0.717, 1.165) is 28.8 Å². The minimum atomic E-state index is -4.16. The predicted octanol–water partition coefficient (Wildman–Crippen LogP) is 7.46. The van der Waals surface area contributed by atoms with Gasteiger partial charge in [-0.1, -0.05) is 30.3 Å². The Kier molecular flexibility index (Phi) is 8.66. The van der Waals surface area contributed by atoms with Crippen LogP contribution in [-0.2, 0) is 10.0 Å². The molecule has 0 aliphatic heterocycles. The monoisotopic (exact) mass is 655 g/mol. The molecule has 4 aromatic carbocycles. The largest absolute Gasteiger partial charge is 0.439 e. The van der Waals surface area contributed by atoms with Crippen LogP contribution in [0.5, 0.6) is 17.4 Å². The third-order valence-corrected chi connectivity index (χ3v) is 7.99. The third-order valence-electron chi connectivity index (χ3n) is 6.64. The Hall–Kier alpha value is -5.50. The van der Waals surface area contributed by atoms with E-state index in [2.05, 4.69) is 14.4 Å². The summed E-state index contributed by atoms with van der Waals surface area (Å²) in [5.41, 5.74) is 8.61. The molecule has 0 fully saturated rings. The van der Waals surface area contributed by atoms with Crippen molar-refractivity contribution < 1.29 is 44.6 Å². The molecule has 46 heavy (non-hydrogen) atoms. The van der Waals surface area contributed by atoms with Gasteiger partial charge in [0.25, 0.3) is 10.0 Å². The highest BCUT2D eigenvalue weighted by Gasteiger charge is 2.29. The molecule has 0 aliphatic carbocycles. The SMILES string of the molecule is Cc1cccc(C)c1-c1cc(NS(=O)(=O)c2cccc(N)c2)nc(Oc2cccc(C(=O)Oc3c(F)c(F)c(F)c(F)c3F)c2)c1. The van der Waals surface area contributed by atoms with Gasteiger partial charge in [0.2, 0.25) is 40.7 Å². The van der Waals surface area contributed by atoms with E-state index in [0.29, 0.717) is 5.56 Å². The van der Waals surface area contributed by atoms with Gasteiger partial charge >= 0.3 is 5.97 Å². The summed E-state index contributed by atoms with van der Waals surface area (Å²) < 4.78 is 108. The number of aryl methyl sites for hydroxylation is 2. The van der Waals surface area contributed by atoms with E-state index in [4.69, 9.17) is 10.5 Å². The number of nitrogen functional groups attached to an aromatic ring is 1. The fraction of sp³-hybridized carbons (Fsp3) is 0.0625. The number of hydrogen-bond acceptors (Lipinski definition) is 7. The molecular formula is C32H22F5N3O5S. The molecule has 8 nitrogen and oxygen atoms in total. The van der Waals surface area contributed by atoms with Crippen molar-refractivity contribution in [3.05, 3.63) is 125 Å². The molecule has 14 heteroatoms. The van der Waals surface area contributed by atoms with E-state index in [9.17, 15) is 35.2 Å². The molecule has 0 saturated carbocycles. The molecule has 1 aromatic heterocycles. The van der Waals surface area contributed by atoms with Crippen molar-refractivity contribution >= 4 is 27.5 Å². The number of anilines is 2. The average Bonchev–Trinajstić information content (AvgIpc) is 3.01. The number of halogens is 5. The summed E-state index contributed by atoms with van der Waals surface area (Å²) in [6.07, 6.45) is 0. The molecule has 0 bridgehead atoms. The molecule has 0 spiro atoms. The summed E-state index contributed by atoms with van der Waals surface area (Å²) in [6.45, 7) is 3.72. The molecule has 0 saturated heterocycles. The number of carbonyl (C=O) groups excluding carboxylic acids is 1. The topological polar surface area (TPSA) is 121 Å². The molecule has 0 amide bonds. The van der Waals surface area contributed by atoms with Gasteiger partial charge in [-0.25, -0.2) is 26.4 Å². The first-order valence-corrected chi connectivity index (χ1v) is 14.7. The van der Waals surface area contributed by atoms with Crippen molar-refractivity contribution in [1.29, 1.82) is 0 Å². The van der Waals surface area contributed by atoms with Gasteiger partial charge in [0.05, 0.1) is 10.5 Å². The number of carbonyl (C=O) groups is 1. The van der Waals surface area contributed by atoms with E-state index in [1.165, 1.54) is 48.5 Å². The summed E-state index contributed by atoms with van der Waals surface area (Å²) in [5, 5.41) is 0. The molecule has 236 valence electrons. The third kappa shape index (κ3) is 6.47. The first-order chi connectivity index (χ1) is 21.7. The van der Waals surface area contributed by atoms with Gasteiger partial charge < -0.3 is 15.2 Å². The second kappa shape index (κ2) is 12.5. The fourth-order valence-electron chi connectivity index (χ4n) is 4.54. The van der Waals surface area contributed by atoms with Crippen LogP contribution >= 0.6 is 0 Å². The quantitative estimate of drug-likeness (QED) is 0.0445. The van der Waals surface area contributed by atoms with Crippen LogP contribution in [-0.4, -0.2) is 19.4 Å². The predicted molar refractivity (Wildman–Crippen MR) is 159 cm³/mol. The maximum Gasteiger partial charge on any atom is 0.343 e. The second-order valence-electron chi connectivity index (χ2n) is 9.94. The minimum absolute atomic E-state index is 0.0670. The number of hydrogen-bond donors (Lipinski definition) is 2. The van der Waals surface area contributed by atoms with Crippen LogP contribution in [0.4, 0.5) is 33.5 Å². The lowest BCUT2D eigenvalue weighted by Gasteiger charge is -2.15. The van der Waals surface area contributed by atoms with Gasteiger partial charge in [-0.05, 0) is 78.6 Å². The van der Waals surface area contributed by atoms with Crippen LogP contribution in [0.15, 0.2) is 83.8 Å². The van der Waals surface area contributed by atoms with Gasteiger partial charge in [-0.15, -0.1) is 0 Å². The van der Waals surface area contributed by atoms with E-state index in [1.807, 2.05) is 32.0 Å². The zero-order chi connectivity index (χ0) is 33.3. The van der Waals surface area contributed by atoms with Gasteiger partial charge in [-0.2, -0.15) is 13.8 Å². The minimum Gasteiger partial charge on any atom is -0.439 e. The van der Waals surface area contributed by atoms with Crippen molar-refractivity contribution in [2.75, 3.05) is 10.5 Å². The number of pyridine rings is 1. The molecule has 3 N–H and O–H groups in total. The summed E-state index contributed by atoms with van der Waals surface area (Å²) in [5.74, 6) is -15.2. The van der Waals surface area contributed by atoms with Crippen LogP contribution in [0, 0.1) is 42.9 Å². The lowest BCUT2D eigenvalue weighted by Crippen LogP contribution is -2.14. The summed E-state index contributed by atoms with van der Waals surface area (Å²) in [6, 6.07) is 19.1. The van der Waals surface area contributed by atoms with E-state index in [1.54, 1.807) is 0 Å². The Morgan fingerprint density at radius 1 is 0.783 bits per heavy atom. The molecular weight excluding hydrogens is 633 g/mol. The smallest absolute Gasteiger partial charge is 0.343 e. The first-order valence-electron chi connectivity index (χ1n) is 13.2. The number of ether oxygens (including phenoxy) is 2. The fourth-order valence-corrected chi connectivity index (χ4v) is 5.58. The number of esters is 1. The second-order valence-corrected chi connectivity index (χ2v) is 11.6. The van der Waals surface area contributed by atoms with Crippen LogP contribution in [0.2, 0.25) is 0 Å². The summed E-state index contributed by atoms with van der Waals surface area (Å²) >= 11 is 0. The van der Waals surface area contributed by atoms with Crippen LogP contribution in [0.1, 0.15) is 21.5 Å². The number of nitrogens with two attached hydrogens (primary N) is 1. The highest BCUT2D eigenvalue weighted by molar-refractivity contribution is 7.92. The zero-order valence-corrected chi connectivity index (χ0v) is 24.7. The van der Waals surface area contributed by atoms with Crippen molar-refractivity contribution in [1.82, 2.24) is 4.98 Å². The number of nitrogens with zero attached hydrogens (tertiary/aromatic N) is 1. The maximum atomic E-state index is 14.1. The van der Waals surface area contributed by atoms with Gasteiger partial charge in [0.1, 0.15) is 11.6 Å². The standard InChI is InChI=1S/C32H22F5N3O5S/c1-16-6-3-7-17(2)25(16)19-13-23(40-46(42,43)22-11-5-9-20(38)15-22)39-24(14-19)44-21-10-4-8-18(12-21)32(41)45-31-29(36)27(34)26(33)28(35)30(31)37/h3-15H,38H2,1-2H3,(H,39,40). The number of nitrogens with one attached hydrogen (secondary N) is 1. The normalized spacial score (nSPS) is 11.3. The molecule has 0 aliphatic rings.